The highest BCUT2D eigenvalue weighted by atomic mass is 16.6. The minimum Gasteiger partial charge on any atom is -0.352 e. The maximum Gasteiger partial charge on any atom is 0.289 e. The van der Waals surface area contributed by atoms with Crippen LogP contribution in [0.1, 0.15) is 11.1 Å². The molecule has 0 spiro atoms. The van der Waals surface area contributed by atoms with E-state index in [0.717, 1.165) is 11.3 Å². The predicted molar refractivity (Wildman–Crippen MR) is 81.0 cm³/mol. The van der Waals surface area contributed by atoms with E-state index < -0.39 is 4.92 Å². The fraction of sp³-hybridized carbons (Fsp3) is 0.0667. The van der Waals surface area contributed by atoms with Gasteiger partial charge in [-0.1, -0.05) is 18.2 Å². The summed E-state index contributed by atoms with van der Waals surface area (Å²) in [6.07, 6.45) is 2.71. The van der Waals surface area contributed by atoms with Crippen LogP contribution in [0.5, 0.6) is 0 Å². The molecule has 7 heteroatoms. The maximum absolute atomic E-state index is 10.9. The van der Waals surface area contributed by atoms with Crippen LogP contribution >= 0.6 is 0 Å². The van der Waals surface area contributed by atoms with Crippen molar-refractivity contribution in [2.45, 2.75) is 6.92 Å². The average Bonchev–Trinajstić information content (AvgIpc) is 2.94. The molecule has 22 heavy (non-hydrogen) atoms. The van der Waals surface area contributed by atoms with Crippen molar-refractivity contribution in [2.75, 3.05) is 5.32 Å². The summed E-state index contributed by atoms with van der Waals surface area (Å²) in [7, 11) is 0. The smallest absolute Gasteiger partial charge is 0.289 e. The summed E-state index contributed by atoms with van der Waals surface area (Å²) in [5.74, 6) is 0. The standard InChI is InChI=1S/C15H11N5O2/c1-10-4-2-3-5-13(10)18-15-11(7-16)8-17-19-9-12(20(21)22)6-14(15)19/h2-6,8-9,18H,1H3. The van der Waals surface area contributed by atoms with Crippen LogP contribution in [-0.4, -0.2) is 14.5 Å². The third-order valence-electron chi connectivity index (χ3n) is 3.36. The Bertz CT molecular complexity index is 923. The van der Waals surface area contributed by atoms with E-state index in [-0.39, 0.29) is 5.69 Å². The first-order chi connectivity index (χ1) is 10.6. The maximum atomic E-state index is 10.9. The van der Waals surface area contributed by atoms with Gasteiger partial charge in [0.05, 0.1) is 27.9 Å². The van der Waals surface area contributed by atoms with E-state index in [1.165, 1.54) is 23.0 Å². The summed E-state index contributed by atoms with van der Waals surface area (Å²) in [5, 5.41) is 27.4. The van der Waals surface area contributed by atoms with Crippen molar-refractivity contribution in [1.29, 1.82) is 5.26 Å². The summed E-state index contributed by atoms with van der Waals surface area (Å²) in [6, 6.07) is 11.1. The molecule has 0 radical (unpaired) electrons. The van der Waals surface area contributed by atoms with Crippen molar-refractivity contribution in [2.24, 2.45) is 0 Å². The second-order valence-electron chi connectivity index (χ2n) is 4.77. The van der Waals surface area contributed by atoms with Crippen molar-refractivity contribution in [3.8, 4) is 6.07 Å². The number of nitriles is 1. The van der Waals surface area contributed by atoms with E-state index >= 15 is 0 Å². The molecule has 7 nitrogen and oxygen atoms in total. The molecule has 3 rings (SSSR count). The lowest BCUT2D eigenvalue weighted by Gasteiger charge is -2.11. The number of fused-ring (bicyclic) bond motifs is 1. The van der Waals surface area contributed by atoms with E-state index in [0.29, 0.717) is 16.8 Å². The zero-order valence-electron chi connectivity index (χ0n) is 11.6. The first-order valence-corrected chi connectivity index (χ1v) is 6.48. The first-order valence-electron chi connectivity index (χ1n) is 6.48. The molecule has 2 heterocycles. The van der Waals surface area contributed by atoms with Crippen LogP contribution in [0.3, 0.4) is 0 Å². The number of para-hydroxylation sites is 1. The fourth-order valence-electron chi connectivity index (χ4n) is 2.21. The van der Waals surface area contributed by atoms with Crippen molar-refractivity contribution < 1.29 is 4.92 Å². The molecule has 3 aromatic rings. The third-order valence-corrected chi connectivity index (χ3v) is 3.36. The van der Waals surface area contributed by atoms with Gasteiger partial charge in [0.15, 0.2) is 0 Å². The van der Waals surface area contributed by atoms with Gasteiger partial charge in [0.2, 0.25) is 0 Å². The average molecular weight is 293 g/mol. The van der Waals surface area contributed by atoms with Gasteiger partial charge in [0.1, 0.15) is 12.3 Å². The predicted octanol–water partition coefficient (Wildman–Crippen LogP) is 3.17. The van der Waals surface area contributed by atoms with Gasteiger partial charge in [-0.15, -0.1) is 0 Å². The van der Waals surface area contributed by atoms with Crippen molar-refractivity contribution >= 4 is 22.6 Å². The zero-order valence-corrected chi connectivity index (χ0v) is 11.6. The van der Waals surface area contributed by atoms with E-state index in [1.54, 1.807) is 0 Å². The molecule has 1 N–H and O–H groups in total. The Balaban J connectivity index is 2.20. The number of hydrogen-bond acceptors (Lipinski definition) is 5. The molecule has 0 unspecified atom stereocenters. The summed E-state index contributed by atoms with van der Waals surface area (Å²) < 4.78 is 1.39. The molecule has 0 bridgehead atoms. The largest absolute Gasteiger partial charge is 0.352 e. The molecule has 0 fully saturated rings. The van der Waals surface area contributed by atoms with Crippen LogP contribution in [0.4, 0.5) is 17.1 Å². The van der Waals surface area contributed by atoms with Gasteiger partial charge in [0, 0.05) is 11.8 Å². The number of aryl methyl sites for hydroxylation is 1. The summed E-state index contributed by atoms with van der Waals surface area (Å²) in [4.78, 5) is 10.4. The number of anilines is 2. The molecule has 0 aliphatic carbocycles. The topological polar surface area (TPSA) is 96.3 Å². The SMILES string of the molecule is Cc1ccccc1Nc1c(C#N)cnn2cc([N+](=O)[O-])cc12. The fourth-order valence-corrected chi connectivity index (χ4v) is 2.21. The van der Waals surface area contributed by atoms with Crippen LogP contribution in [-0.2, 0) is 0 Å². The summed E-state index contributed by atoms with van der Waals surface area (Å²) in [5.41, 5.74) is 3.06. The monoisotopic (exact) mass is 293 g/mol. The normalized spacial score (nSPS) is 10.4. The highest BCUT2D eigenvalue weighted by molar-refractivity contribution is 5.83. The minimum absolute atomic E-state index is 0.0737. The lowest BCUT2D eigenvalue weighted by atomic mass is 10.1. The van der Waals surface area contributed by atoms with Crippen molar-refractivity contribution in [3.05, 3.63) is 64.0 Å². The van der Waals surface area contributed by atoms with Crippen LogP contribution in [0.2, 0.25) is 0 Å². The number of nitrogens with one attached hydrogen (secondary N) is 1. The van der Waals surface area contributed by atoms with Gasteiger partial charge in [-0.05, 0) is 18.6 Å². The molecule has 1 aromatic carbocycles. The van der Waals surface area contributed by atoms with Crippen LogP contribution in [0.15, 0.2) is 42.7 Å². The van der Waals surface area contributed by atoms with Crippen molar-refractivity contribution in [1.82, 2.24) is 9.61 Å². The third kappa shape index (κ3) is 2.23. The summed E-state index contributed by atoms with van der Waals surface area (Å²) >= 11 is 0. The number of aromatic nitrogens is 2. The molecule has 0 amide bonds. The van der Waals surface area contributed by atoms with Gasteiger partial charge < -0.3 is 5.32 Å². The highest BCUT2D eigenvalue weighted by Gasteiger charge is 2.16. The van der Waals surface area contributed by atoms with E-state index in [9.17, 15) is 15.4 Å². The molecular formula is C15H11N5O2. The molecule has 0 saturated heterocycles. The van der Waals surface area contributed by atoms with Crippen LogP contribution in [0.25, 0.3) is 5.52 Å². The van der Waals surface area contributed by atoms with Gasteiger partial charge in [-0.3, -0.25) is 10.1 Å². The number of nitrogens with zero attached hydrogens (tertiary/aromatic N) is 4. The van der Waals surface area contributed by atoms with Crippen molar-refractivity contribution in [3.63, 3.8) is 0 Å². The Morgan fingerprint density at radius 1 is 1.41 bits per heavy atom. The lowest BCUT2D eigenvalue weighted by molar-refractivity contribution is -0.384. The van der Waals surface area contributed by atoms with E-state index in [1.807, 2.05) is 31.2 Å². The number of rotatable bonds is 3. The molecule has 0 atom stereocenters. The molecule has 0 aliphatic rings. The Morgan fingerprint density at radius 3 is 2.86 bits per heavy atom. The van der Waals surface area contributed by atoms with Gasteiger partial charge >= 0.3 is 0 Å². The molecule has 108 valence electrons. The first kappa shape index (κ1) is 13.6. The second-order valence-corrected chi connectivity index (χ2v) is 4.77. The Hall–Kier alpha value is -3.40. The Labute approximate surface area is 125 Å². The Morgan fingerprint density at radius 2 is 2.18 bits per heavy atom. The van der Waals surface area contributed by atoms with Gasteiger partial charge in [0.25, 0.3) is 5.69 Å². The van der Waals surface area contributed by atoms with E-state index in [4.69, 9.17) is 0 Å². The molecule has 0 saturated carbocycles. The number of hydrogen-bond donors (Lipinski definition) is 1. The van der Waals surface area contributed by atoms with Crippen LogP contribution in [0, 0.1) is 28.4 Å². The number of nitro groups is 1. The van der Waals surface area contributed by atoms with E-state index in [2.05, 4.69) is 16.5 Å². The van der Waals surface area contributed by atoms with Gasteiger partial charge in [-0.2, -0.15) is 10.4 Å². The minimum atomic E-state index is -0.488. The molecule has 2 aromatic heterocycles. The number of benzene rings is 1. The second kappa shape index (κ2) is 5.18. The zero-order chi connectivity index (χ0) is 15.7. The van der Waals surface area contributed by atoms with Crippen LogP contribution < -0.4 is 5.32 Å². The Kier molecular flexibility index (Phi) is 3.20. The lowest BCUT2D eigenvalue weighted by Crippen LogP contribution is -2.00. The highest BCUT2D eigenvalue weighted by Crippen LogP contribution is 2.29. The van der Waals surface area contributed by atoms with Gasteiger partial charge in [-0.25, -0.2) is 4.52 Å². The summed E-state index contributed by atoms with van der Waals surface area (Å²) in [6.45, 7) is 1.94. The quantitative estimate of drug-likeness (QED) is 0.591. The molecule has 0 aliphatic heterocycles. The molecular weight excluding hydrogens is 282 g/mol.